The van der Waals surface area contributed by atoms with Gasteiger partial charge in [0.25, 0.3) is 0 Å². The average Bonchev–Trinajstić information content (AvgIpc) is 3.74. The van der Waals surface area contributed by atoms with Gasteiger partial charge < -0.3 is 4.42 Å². The largest absolute Gasteiger partial charge is 0.455 e. The van der Waals surface area contributed by atoms with Crippen LogP contribution in [0.4, 0.5) is 0 Å². The highest BCUT2D eigenvalue weighted by atomic mass is 32.1. The predicted molar refractivity (Wildman–Crippen MR) is 216 cm³/mol. The number of hydrogen-bond acceptors (Lipinski definition) is 2. The number of benzene rings is 10. The minimum Gasteiger partial charge on any atom is -0.455 e. The van der Waals surface area contributed by atoms with Crippen molar-refractivity contribution in [2.24, 2.45) is 0 Å². The van der Waals surface area contributed by atoms with E-state index in [1.165, 1.54) is 96.1 Å². The lowest BCUT2D eigenvalue weighted by Crippen LogP contribution is -1.89. The van der Waals surface area contributed by atoms with Gasteiger partial charge in [0, 0.05) is 36.5 Å². The summed E-state index contributed by atoms with van der Waals surface area (Å²) < 4.78 is 9.60. The number of rotatable bonds is 2. The fourth-order valence-electron chi connectivity index (χ4n) is 8.66. The van der Waals surface area contributed by atoms with E-state index in [0.717, 1.165) is 22.1 Å². The third-order valence-corrected chi connectivity index (χ3v) is 12.2. The maximum Gasteiger partial charge on any atom is 0.143 e. The first-order valence-electron chi connectivity index (χ1n) is 17.2. The summed E-state index contributed by atoms with van der Waals surface area (Å²) in [7, 11) is 0. The highest BCUT2D eigenvalue weighted by Gasteiger charge is 2.21. The predicted octanol–water partition coefficient (Wildman–Crippen LogP) is 14.5. The van der Waals surface area contributed by atoms with E-state index in [0.29, 0.717) is 0 Å². The number of thiophene rings is 1. The second kappa shape index (κ2) is 9.69. The van der Waals surface area contributed by atoms with Crippen LogP contribution in [0.3, 0.4) is 0 Å². The van der Waals surface area contributed by atoms with Crippen LogP contribution in [0.15, 0.2) is 162 Å². The van der Waals surface area contributed by atoms with Crippen LogP contribution in [0, 0.1) is 0 Å². The first kappa shape index (κ1) is 26.7. The van der Waals surface area contributed by atoms with Gasteiger partial charge in [0.15, 0.2) is 0 Å². The normalized spacial score (nSPS) is 12.4. The molecular formula is C48H26OS. The third kappa shape index (κ3) is 3.56. The zero-order chi connectivity index (χ0) is 32.5. The molecule has 230 valence electrons. The maximum absolute atomic E-state index is 6.97. The second-order valence-corrected chi connectivity index (χ2v) is 14.7. The molecule has 12 rings (SSSR count). The summed E-state index contributed by atoms with van der Waals surface area (Å²) in [6, 6.07) is 58.2. The Morgan fingerprint density at radius 2 is 1.00 bits per heavy atom. The number of hydrogen-bond donors (Lipinski definition) is 0. The second-order valence-electron chi connectivity index (χ2n) is 13.6. The maximum atomic E-state index is 6.97. The fourth-order valence-corrected chi connectivity index (χ4v) is 9.94. The van der Waals surface area contributed by atoms with Crippen molar-refractivity contribution in [3.05, 3.63) is 158 Å². The van der Waals surface area contributed by atoms with Crippen LogP contribution < -0.4 is 0 Å². The van der Waals surface area contributed by atoms with E-state index in [1.807, 2.05) is 11.3 Å². The van der Waals surface area contributed by atoms with Crippen LogP contribution in [0.25, 0.3) is 118 Å². The molecule has 0 atom stereocenters. The van der Waals surface area contributed by atoms with Gasteiger partial charge in [-0.3, -0.25) is 0 Å². The van der Waals surface area contributed by atoms with Crippen LogP contribution in [-0.4, -0.2) is 0 Å². The van der Waals surface area contributed by atoms with Crippen molar-refractivity contribution in [3.63, 3.8) is 0 Å². The first-order chi connectivity index (χ1) is 24.8. The van der Waals surface area contributed by atoms with Crippen molar-refractivity contribution in [2.45, 2.75) is 0 Å². The first-order valence-corrected chi connectivity index (χ1v) is 18.0. The van der Waals surface area contributed by atoms with Gasteiger partial charge in [0.1, 0.15) is 11.2 Å². The molecule has 0 saturated carbocycles. The zero-order valence-electron chi connectivity index (χ0n) is 26.8. The van der Waals surface area contributed by atoms with E-state index in [4.69, 9.17) is 4.42 Å². The van der Waals surface area contributed by atoms with Crippen molar-refractivity contribution >= 4 is 107 Å². The lowest BCUT2D eigenvalue weighted by molar-refractivity contribution is 0.670. The molecule has 2 heteroatoms. The molecule has 2 heterocycles. The molecule has 0 bridgehead atoms. The molecule has 12 aromatic rings. The minimum atomic E-state index is 0.916. The lowest BCUT2D eigenvalue weighted by Gasteiger charge is -2.15. The quantitative estimate of drug-likeness (QED) is 0.170. The molecule has 0 radical (unpaired) electrons. The van der Waals surface area contributed by atoms with Crippen molar-refractivity contribution in [1.82, 2.24) is 0 Å². The van der Waals surface area contributed by atoms with Crippen LogP contribution >= 0.6 is 11.3 Å². The summed E-state index contributed by atoms with van der Waals surface area (Å²) in [5.41, 5.74) is 6.57. The molecular weight excluding hydrogens is 625 g/mol. The highest BCUT2D eigenvalue weighted by Crippen LogP contribution is 2.47. The summed E-state index contributed by atoms with van der Waals surface area (Å²) in [5, 5.41) is 17.7. The van der Waals surface area contributed by atoms with Crippen LogP contribution in [0.5, 0.6) is 0 Å². The van der Waals surface area contributed by atoms with Gasteiger partial charge in [-0.1, -0.05) is 133 Å². The number of furan rings is 1. The van der Waals surface area contributed by atoms with Crippen LogP contribution in [0.1, 0.15) is 0 Å². The molecule has 1 nitrogen and oxygen atoms in total. The van der Waals surface area contributed by atoms with Crippen LogP contribution in [-0.2, 0) is 0 Å². The van der Waals surface area contributed by atoms with E-state index < -0.39 is 0 Å². The van der Waals surface area contributed by atoms with Crippen molar-refractivity contribution < 1.29 is 4.42 Å². The van der Waals surface area contributed by atoms with Crippen molar-refractivity contribution in [1.29, 1.82) is 0 Å². The molecule has 2 aromatic heterocycles. The molecule has 50 heavy (non-hydrogen) atoms. The molecule has 0 aliphatic carbocycles. The van der Waals surface area contributed by atoms with Gasteiger partial charge in [-0.05, 0) is 94.8 Å². The monoisotopic (exact) mass is 650 g/mol. The van der Waals surface area contributed by atoms with E-state index in [2.05, 4.69) is 158 Å². The van der Waals surface area contributed by atoms with E-state index in [-0.39, 0.29) is 0 Å². The molecule has 0 saturated heterocycles. The molecule has 10 aromatic carbocycles. The lowest BCUT2D eigenvalue weighted by atomic mass is 9.87. The molecule has 0 unspecified atom stereocenters. The Kier molecular flexibility index (Phi) is 5.18. The fraction of sp³-hybridized carbons (Fsp3) is 0. The van der Waals surface area contributed by atoms with Gasteiger partial charge in [-0.25, -0.2) is 0 Å². The Balaban J connectivity index is 1.16. The van der Waals surface area contributed by atoms with E-state index >= 15 is 0 Å². The van der Waals surface area contributed by atoms with Gasteiger partial charge in [-0.2, -0.15) is 0 Å². The number of fused-ring (bicyclic) bond motifs is 9. The smallest absolute Gasteiger partial charge is 0.143 e. The zero-order valence-corrected chi connectivity index (χ0v) is 27.6. The minimum absolute atomic E-state index is 0.916. The third-order valence-electron chi connectivity index (χ3n) is 11.0. The van der Waals surface area contributed by atoms with Gasteiger partial charge in [-0.15, -0.1) is 11.3 Å². The summed E-state index contributed by atoms with van der Waals surface area (Å²) in [5.74, 6) is 0. The van der Waals surface area contributed by atoms with Crippen molar-refractivity contribution in [3.8, 4) is 22.3 Å². The molecule has 0 spiro atoms. The standard InChI is InChI=1S/C48H26OS/c1-2-8-32-25-42-41(24-31(32)7-1)46-39(36-18-15-30-13-12-28-9-5-10-29-16-20-38(36)45(30)44(28)29)23-22-34(47(46)49-42)33-17-19-37-40-21-14-27-6-3-4-11-35(27)48(40)50-43(37)26-33/h1-26H. The summed E-state index contributed by atoms with van der Waals surface area (Å²) >= 11 is 1.89. The van der Waals surface area contributed by atoms with Gasteiger partial charge in [0.2, 0.25) is 0 Å². The van der Waals surface area contributed by atoms with Crippen LogP contribution in [0.2, 0.25) is 0 Å². The Morgan fingerprint density at radius 1 is 0.360 bits per heavy atom. The van der Waals surface area contributed by atoms with Crippen molar-refractivity contribution in [2.75, 3.05) is 0 Å². The molecule has 0 amide bonds. The SMILES string of the molecule is c1ccc2cc3c(cc2c1)oc1c(-c2ccc4c(c2)sc2c5ccccc5ccc42)ccc(-c2ccc4ccc5cccc6ccc2c4c56)c13. The molecule has 0 fully saturated rings. The summed E-state index contributed by atoms with van der Waals surface area (Å²) in [6.07, 6.45) is 0. The van der Waals surface area contributed by atoms with Gasteiger partial charge in [0.05, 0.1) is 0 Å². The Bertz CT molecular complexity index is 3360. The summed E-state index contributed by atoms with van der Waals surface area (Å²) in [6.45, 7) is 0. The summed E-state index contributed by atoms with van der Waals surface area (Å²) in [4.78, 5) is 0. The molecule has 0 N–H and O–H groups in total. The Morgan fingerprint density at radius 3 is 1.88 bits per heavy atom. The highest BCUT2D eigenvalue weighted by molar-refractivity contribution is 7.26. The van der Waals surface area contributed by atoms with E-state index in [9.17, 15) is 0 Å². The Hall–Kier alpha value is -6.22. The van der Waals surface area contributed by atoms with Gasteiger partial charge >= 0.3 is 0 Å². The molecule has 0 aliphatic heterocycles. The Labute approximate surface area is 290 Å². The van der Waals surface area contributed by atoms with E-state index in [1.54, 1.807) is 0 Å². The average molecular weight is 651 g/mol. The molecule has 0 aliphatic rings. The topological polar surface area (TPSA) is 13.1 Å².